The van der Waals surface area contributed by atoms with Crippen LogP contribution in [0.5, 0.6) is 0 Å². The van der Waals surface area contributed by atoms with Crippen molar-refractivity contribution in [3.8, 4) is 0 Å². The molecule has 1 aromatic heterocycles. The van der Waals surface area contributed by atoms with Gasteiger partial charge in [0.15, 0.2) is 5.82 Å². The van der Waals surface area contributed by atoms with E-state index in [-0.39, 0.29) is 0 Å². The molecule has 0 bridgehead atoms. The Morgan fingerprint density at radius 1 is 1.50 bits per heavy atom. The number of hydrogen-bond acceptors (Lipinski definition) is 3. The number of hydrogen-bond donors (Lipinski definition) is 0. The van der Waals surface area contributed by atoms with Gasteiger partial charge < -0.3 is 0 Å². The van der Waals surface area contributed by atoms with E-state index in [1.807, 2.05) is 13.0 Å². The largest absolute Gasteiger partial charge is 0.236 e. The Hall–Kier alpha value is -1.25. The molecule has 1 aliphatic heterocycles. The van der Waals surface area contributed by atoms with Crippen LogP contribution in [0.15, 0.2) is 17.3 Å². The van der Waals surface area contributed by atoms with Crippen LogP contribution in [-0.4, -0.2) is 15.9 Å². The molecule has 0 saturated carbocycles. The molecule has 3 nitrogen and oxygen atoms in total. The third-order valence-electron chi connectivity index (χ3n) is 1.53. The van der Waals surface area contributed by atoms with Gasteiger partial charge in [-0.15, -0.1) is 5.10 Å². The molecule has 0 aliphatic carbocycles. The van der Waals surface area contributed by atoms with E-state index in [1.54, 1.807) is 6.20 Å². The summed E-state index contributed by atoms with van der Waals surface area (Å²) in [6.07, 6.45) is 2.64. The number of rotatable bonds is 0. The van der Waals surface area contributed by atoms with Gasteiger partial charge in [-0.05, 0) is 13.0 Å². The molecule has 0 aromatic carbocycles. The van der Waals surface area contributed by atoms with Crippen molar-refractivity contribution < 1.29 is 0 Å². The number of aliphatic imine (C=N–C) groups is 1. The van der Waals surface area contributed by atoms with Gasteiger partial charge in [0.1, 0.15) is 0 Å². The van der Waals surface area contributed by atoms with Gasteiger partial charge in [0.05, 0.1) is 6.20 Å². The van der Waals surface area contributed by atoms with Crippen LogP contribution in [-0.2, 0) is 6.42 Å². The lowest BCUT2D eigenvalue weighted by Crippen LogP contribution is -1.88. The lowest BCUT2D eigenvalue weighted by atomic mass is 10.2. The van der Waals surface area contributed by atoms with Crippen molar-refractivity contribution in [1.82, 2.24) is 10.2 Å². The maximum Gasteiger partial charge on any atom is 0.177 e. The Morgan fingerprint density at radius 2 is 2.40 bits per heavy atom. The second kappa shape index (κ2) is 1.87. The van der Waals surface area contributed by atoms with Crippen LogP contribution in [0.4, 0.5) is 5.82 Å². The summed E-state index contributed by atoms with van der Waals surface area (Å²) in [7, 11) is 0. The van der Waals surface area contributed by atoms with Gasteiger partial charge in [-0.3, -0.25) is 0 Å². The Balaban J connectivity index is 2.54. The van der Waals surface area contributed by atoms with Gasteiger partial charge >= 0.3 is 0 Å². The standard InChI is InChI=1S/C7H7N3/c1-5-4-6-2-3-8-10-7(6)9-5/h2-3H,4H2,1H3. The van der Waals surface area contributed by atoms with Crippen LogP contribution in [0.2, 0.25) is 0 Å². The van der Waals surface area contributed by atoms with Gasteiger partial charge in [-0.1, -0.05) is 0 Å². The monoisotopic (exact) mass is 133 g/mol. The zero-order valence-corrected chi connectivity index (χ0v) is 5.70. The van der Waals surface area contributed by atoms with E-state index in [0.717, 1.165) is 18.0 Å². The molecule has 1 aliphatic rings. The summed E-state index contributed by atoms with van der Waals surface area (Å²) < 4.78 is 0. The number of nitrogens with zero attached hydrogens (tertiary/aromatic N) is 3. The second-order valence-electron chi connectivity index (χ2n) is 2.40. The summed E-state index contributed by atoms with van der Waals surface area (Å²) in [4.78, 5) is 4.20. The van der Waals surface area contributed by atoms with E-state index in [9.17, 15) is 0 Å². The normalized spacial score (nSPS) is 14.7. The van der Waals surface area contributed by atoms with Crippen molar-refractivity contribution >= 4 is 11.5 Å². The molecule has 0 fully saturated rings. The van der Waals surface area contributed by atoms with Crippen LogP contribution >= 0.6 is 0 Å². The number of aromatic nitrogens is 2. The molecule has 0 radical (unpaired) electrons. The van der Waals surface area contributed by atoms with Gasteiger partial charge in [0, 0.05) is 17.7 Å². The van der Waals surface area contributed by atoms with Crippen molar-refractivity contribution in [2.24, 2.45) is 4.99 Å². The average molecular weight is 133 g/mol. The first-order chi connectivity index (χ1) is 4.86. The minimum atomic E-state index is 0.792. The van der Waals surface area contributed by atoms with Gasteiger partial charge in [0.2, 0.25) is 0 Å². The summed E-state index contributed by atoms with van der Waals surface area (Å²) >= 11 is 0. The maximum absolute atomic E-state index is 4.20. The van der Waals surface area contributed by atoms with E-state index >= 15 is 0 Å². The van der Waals surface area contributed by atoms with Crippen molar-refractivity contribution in [2.75, 3.05) is 0 Å². The third-order valence-corrected chi connectivity index (χ3v) is 1.53. The third kappa shape index (κ3) is 0.708. The van der Waals surface area contributed by atoms with Crippen LogP contribution in [0.3, 0.4) is 0 Å². The van der Waals surface area contributed by atoms with E-state index in [0.29, 0.717) is 0 Å². The molecule has 10 heavy (non-hydrogen) atoms. The number of fused-ring (bicyclic) bond motifs is 1. The van der Waals surface area contributed by atoms with Crippen molar-refractivity contribution in [1.29, 1.82) is 0 Å². The van der Waals surface area contributed by atoms with Gasteiger partial charge in [-0.2, -0.15) is 5.10 Å². The highest BCUT2D eigenvalue weighted by Crippen LogP contribution is 2.21. The quantitative estimate of drug-likeness (QED) is 0.532. The molecule has 0 spiro atoms. The molecule has 0 atom stereocenters. The minimum absolute atomic E-state index is 0.792. The van der Waals surface area contributed by atoms with Gasteiger partial charge in [-0.25, -0.2) is 4.99 Å². The molecule has 0 amide bonds. The summed E-state index contributed by atoms with van der Waals surface area (Å²) in [5, 5.41) is 7.61. The second-order valence-corrected chi connectivity index (χ2v) is 2.40. The fourth-order valence-electron chi connectivity index (χ4n) is 1.08. The molecule has 0 N–H and O–H groups in total. The molecule has 2 heterocycles. The van der Waals surface area contributed by atoms with Crippen molar-refractivity contribution in [3.05, 3.63) is 17.8 Å². The van der Waals surface area contributed by atoms with Gasteiger partial charge in [0.25, 0.3) is 0 Å². The van der Waals surface area contributed by atoms with E-state index < -0.39 is 0 Å². The molecule has 3 heteroatoms. The summed E-state index contributed by atoms with van der Waals surface area (Å²) in [5.74, 6) is 0.792. The van der Waals surface area contributed by atoms with E-state index in [1.165, 1.54) is 5.56 Å². The van der Waals surface area contributed by atoms with Crippen molar-refractivity contribution in [3.63, 3.8) is 0 Å². The highest BCUT2D eigenvalue weighted by molar-refractivity contribution is 5.90. The zero-order chi connectivity index (χ0) is 6.97. The smallest absolute Gasteiger partial charge is 0.177 e. The zero-order valence-electron chi connectivity index (χ0n) is 5.70. The van der Waals surface area contributed by atoms with Crippen LogP contribution in [0.25, 0.3) is 0 Å². The highest BCUT2D eigenvalue weighted by Gasteiger charge is 2.10. The lowest BCUT2D eigenvalue weighted by molar-refractivity contribution is 1.02. The fourth-order valence-corrected chi connectivity index (χ4v) is 1.08. The lowest BCUT2D eigenvalue weighted by Gasteiger charge is -1.89. The van der Waals surface area contributed by atoms with Crippen LogP contribution < -0.4 is 0 Å². The van der Waals surface area contributed by atoms with Crippen LogP contribution in [0, 0.1) is 0 Å². The first-order valence-corrected chi connectivity index (χ1v) is 3.21. The Labute approximate surface area is 58.8 Å². The van der Waals surface area contributed by atoms with E-state index in [4.69, 9.17) is 0 Å². The molecular formula is C7H7N3. The van der Waals surface area contributed by atoms with E-state index in [2.05, 4.69) is 15.2 Å². The Bertz CT molecular complexity index is 291. The molecule has 0 unspecified atom stereocenters. The molecule has 50 valence electrons. The predicted octanol–water partition coefficient (Wildman–Crippen LogP) is 1.13. The molecule has 0 saturated heterocycles. The molecule has 2 rings (SSSR count). The Morgan fingerprint density at radius 3 is 3.20 bits per heavy atom. The average Bonchev–Trinajstić information content (AvgIpc) is 2.27. The first kappa shape index (κ1) is 5.53. The SMILES string of the molecule is CC1=Nc2nnccc2C1. The van der Waals surface area contributed by atoms with Crippen LogP contribution in [0.1, 0.15) is 12.5 Å². The summed E-state index contributed by atoms with van der Waals surface area (Å²) in [6, 6.07) is 1.96. The topological polar surface area (TPSA) is 38.1 Å². The summed E-state index contributed by atoms with van der Waals surface area (Å²) in [5.41, 5.74) is 2.31. The predicted molar refractivity (Wildman–Crippen MR) is 38.5 cm³/mol. The fraction of sp³-hybridized carbons (Fsp3) is 0.286. The Kier molecular flexibility index (Phi) is 1.03. The maximum atomic E-state index is 4.20. The molecule has 1 aromatic rings. The summed E-state index contributed by atoms with van der Waals surface area (Å²) in [6.45, 7) is 2.00. The highest BCUT2D eigenvalue weighted by atomic mass is 15.1. The minimum Gasteiger partial charge on any atom is -0.236 e. The molecular weight excluding hydrogens is 126 g/mol. The first-order valence-electron chi connectivity index (χ1n) is 3.21. The van der Waals surface area contributed by atoms with Crippen molar-refractivity contribution in [2.45, 2.75) is 13.3 Å².